The fourth-order valence-corrected chi connectivity index (χ4v) is 5.53. The average molecular weight is 523 g/mol. The lowest BCUT2D eigenvalue weighted by molar-refractivity contribution is -0.113. The van der Waals surface area contributed by atoms with Crippen LogP contribution in [0.5, 0.6) is 5.75 Å². The highest BCUT2D eigenvalue weighted by molar-refractivity contribution is 7.99. The van der Waals surface area contributed by atoms with Crippen LogP contribution < -0.4 is 21.3 Å². The van der Waals surface area contributed by atoms with Crippen molar-refractivity contribution in [1.82, 2.24) is 23.7 Å². The smallest absolute Gasteiger partial charge is 0.332 e. The van der Waals surface area contributed by atoms with Crippen LogP contribution in [0, 0.1) is 0 Å². The van der Waals surface area contributed by atoms with Gasteiger partial charge in [-0.2, -0.15) is 0 Å². The number of nitrogens with zero attached hydrogens (tertiary/aromatic N) is 5. The number of methoxy groups -OCH3 is 1. The summed E-state index contributed by atoms with van der Waals surface area (Å²) in [5, 5.41) is 3.78. The van der Waals surface area contributed by atoms with Crippen LogP contribution in [-0.4, -0.2) is 42.4 Å². The number of nitrogens with one attached hydrogen (secondary N) is 1. The lowest BCUT2D eigenvalue weighted by Gasteiger charge is -2.09. The van der Waals surface area contributed by atoms with E-state index in [4.69, 9.17) is 4.74 Å². The highest BCUT2D eigenvalue weighted by Gasteiger charge is 2.20. The number of aryl methyl sites for hydroxylation is 1. The number of thiazole rings is 1. The van der Waals surface area contributed by atoms with Crippen LogP contribution in [0.4, 0.5) is 5.13 Å². The summed E-state index contributed by atoms with van der Waals surface area (Å²) in [6, 6.07) is 15.2. The number of amides is 1. The highest BCUT2D eigenvalue weighted by Crippen LogP contribution is 2.29. The molecule has 10 nitrogen and oxygen atoms in total. The molecule has 2 aromatic carbocycles. The maximum Gasteiger partial charge on any atom is 0.332 e. The lowest BCUT2D eigenvalue weighted by Crippen LogP contribution is -2.37. The predicted molar refractivity (Wildman–Crippen MR) is 141 cm³/mol. The Labute approximate surface area is 213 Å². The molecule has 5 aromatic rings. The molecule has 12 heteroatoms. The van der Waals surface area contributed by atoms with Gasteiger partial charge < -0.3 is 14.6 Å². The zero-order valence-electron chi connectivity index (χ0n) is 19.7. The van der Waals surface area contributed by atoms with Crippen molar-refractivity contribution in [1.29, 1.82) is 0 Å². The zero-order valence-corrected chi connectivity index (χ0v) is 21.4. The van der Waals surface area contributed by atoms with E-state index >= 15 is 0 Å². The number of imidazole rings is 1. The second kappa shape index (κ2) is 9.63. The van der Waals surface area contributed by atoms with Crippen molar-refractivity contribution in [3.63, 3.8) is 0 Å². The van der Waals surface area contributed by atoms with E-state index in [2.05, 4.69) is 15.3 Å². The second-order valence-electron chi connectivity index (χ2n) is 8.03. The predicted octanol–water partition coefficient (Wildman–Crippen LogP) is 2.83. The van der Waals surface area contributed by atoms with Gasteiger partial charge in [-0.1, -0.05) is 53.4 Å². The summed E-state index contributed by atoms with van der Waals surface area (Å²) in [5.74, 6) is 0.509. The number of hydrogen-bond acceptors (Lipinski definition) is 8. The molecule has 1 N–H and O–H groups in total. The van der Waals surface area contributed by atoms with E-state index in [1.165, 1.54) is 34.7 Å². The van der Waals surface area contributed by atoms with Crippen molar-refractivity contribution in [3.8, 4) is 5.75 Å². The van der Waals surface area contributed by atoms with Crippen molar-refractivity contribution in [2.75, 3.05) is 18.2 Å². The number of carbonyl (C=O) groups excluding carboxylic acids is 1. The Kier molecular flexibility index (Phi) is 6.37. The number of benzene rings is 2. The van der Waals surface area contributed by atoms with Gasteiger partial charge in [0, 0.05) is 14.1 Å². The number of anilines is 1. The number of fused-ring (bicyclic) bond motifs is 2. The summed E-state index contributed by atoms with van der Waals surface area (Å²) in [7, 11) is 4.62. The van der Waals surface area contributed by atoms with Crippen LogP contribution in [0.25, 0.3) is 21.4 Å². The van der Waals surface area contributed by atoms with Crippen molar-refractivity contribution in [2.45, 2.75) is 11.7 Å². The van der Waals surface area contributed by atoms with Gasteiger partial charge >= 0.3 is 5.69 Å². The fraction of sp³-hybridized carbons (Fsp3) is 0.208. The van der Waals surface area contributed by atoms with Gasteiger partial charge in [0.15, 0.2) is 21.5 Å². The van der Waals surface area contributed by atoms with Crippen LogP contribution in [0.2, 0.25) is 0 Å². The van der Waals surface area contributed by atoms with Crippen LogP contribution in [-0.2, 0) is 25.4 Å². The lowest BCUT2D eigenvalue weighted by atomic mass is 10.2. The van der Waals surface area contributed by atoms with Crippen LogP contribution in [0.3, 0.4) is 0 Å². The first-order chi connectivity index (χ1) is 17.4. The third-order valence-corrected chi connectivity index (χ3v) is 7.58. The Morgan fingerprint density at radius 2 is 1.86 bits per heavy atom. The second-order valence-corrected chi connectivity index (χ2v) is 10.0. The first-order valence-corrected chi connectivity index (χ1v) is 12.7. The monoisotopic (exact) mass is 522 g/mol. The largest absolute Gasteiger partial charge is 0.497 e. The molecule has 3 aromatic heterocycles. The molecule has 0 spiro atoms. The topological polar surface area (TPSA) is 113 Å². The molecule has 0 aliphatic rings. The minimum atomic E-state index is -0.460. The Morgan fingerprint density at radius 3 is 2.61 bits per heavy atom. The molecule has 184 valence electrons. The van der Waals surface area contributed by atoms with Gasteiger partial charge in [0.1, 0.15) is 5.75 Å². The molecule has 36 heavy (non-hydrogen) atoms. The molecule has 0 radical (unpaired) electrons. The van der Waals surface area contributed by atoms with E-state index in [-0.39, 0.29) is 17.3 Å². The van der Waals surface area contributed by atoms with E-state index in [1.807, 2.05) is 48.5 Å². The minimum absolute atomic E-state index is 0.0472. The number of rotatable bonds is 7. The van der Waals surface area contributed by atoms with E-state index in [0.29, 0.717) is 22.3 Å². The molecular formula is C24H22N6O4S2. The van der Waals surface area contributed by atoms with Crippen molar-refractivity contribution in [3.05, 3.63) is 74.9 Å². The first kappa shape index (κ1) is 23.8. The van der Waals surface area contributed by atoms with Gasteiger partial charge in [0.05, 0.1) is 29.6 Å². The molecule has 0 fully saturated rings. The van der Waals surface area contributed by atoms with Gasteiger partial charge in [0.2, 0.25) is 5.91 Å². The van der Waals surface area contributed by atoms with Crippen molar-refractivity contribution >= 4 is 55.5 Å². The number of hydrogen-bond donors (Lipinski definition) is 1. The molecule has 5 rings (SSSR count). The third-order valence-electron chi connectivity index (χ3n) is 5.67. The fourth-order valence-electron chi connectivity index (χ4n) is 3.82. The first-order valence-electron chi connectivity index (χ1n) is 10.9. The van der Waals surface area contributed by atoms with Crippen molar-refractivity contribution in [2.24, 2.45) is 14.1 Å². The standard InChI is InChI=1S/C24H22N6O4S2/c1-28-20-19(21(32)29(2)24(28)33)30(12-14-7-5-4-6-8-14)23(27-20)35-13-18(31)26-22-25-16-10-9-15(34-3)11-17(16)36-22/h4-11H,12-13H2,1-3H3,(H,25,26,31). The summed E-state index contributed by atoms with van der Waals surface area (Å²) < 4.78 is 10.3. The van der Waals surface area contributed by atoms with Gasteiger partial charge in [0.25, 0.3) is 5.56 Å². The quantitative estimate of drug-likeness (QED) is 0.327. The molecule has 0 aliphatic heterocycles. The molecule has 0 saturated carbocycles. The normalized spacial score (nSPS) is 11.3. The van der Waals surface area contributed by atoms with E-state index < -0.39 is 11.2 Å². The molecule has 0 saturated heterocycles. The Balaban J connectivity index is 1.44. The van der Waals surface area contributed by atoms with Gasteiger partial charge in [-0.3, -0.25) is 18.7 Å². The zero-order chi connectivity index (χ0) is 25.4. The SMILES string of the molecule is COc1ccc2nc(NC(=O)CSc3nc4c(c(=O)n(C)c(=O)n4C)n3Cc3ccccc3)sc2c1. The Hall–Kier alpha value is -3.90. The number of carbonyl (C=O) groups is 1. The summed E-state index contributed by atoms with van der Waals surface area (Å²) in [6.07, 6.45) is 0. The molecular weight excluding hydrogens is 500 g/mol. The van der Waals surface area contributed by atoms with Crippen LogP contribution >= 0.6 is 23.1 Å². The molecule has 0 atom stereocenters. The van der Waals surface area contributed by atoms with Crippen LogP contribution in [0.1, 0.15) is 5.56 Å². The van der Waals surface area contributed by atoms with Crippen LogP contribution in [0.15, 0.2) is 63.3 Å². The van der Waals surface area contributed by atoms with Gasteiger partial charge in [-0.15, -0.1) is 0 Å². The molecule has 0 aliphatic carbocycles. The minimum Gasteiger partial charge on any atom is -0.497 e. The summed E-state index contributed by atoms with van der Waals surface area (Å²) >= 11 is 2.55. The molecule has 3 heterocycles. The van der Waals surface area contributed by atoms with Gasteiger partial charge in [-0.25, -0.2) is 14.8 Å². The number of thioether (sulfide) groups is 1. The maximum atomic E-state index is 13.0. The highest BCUT2D eigenvalue weighted by atomic mass is 32.2. The maximum absolute atomic E-state index is 13.0. The summed E-state index contributed by atoms with van der Waals surface area (Å²) in [4.78, 5) is 47.3. The summed E-state index contributed by atoms with van der Waals surface area (Å²) in [5.41, 5.74) is 1.43. The van der Waals surface area contributed by atoms with Gasteiger partial charge in [-0.05, 0) is 23.8 Å². The molecule has 0 bridgehead atoms. The van der Waals surface area contributed by atoms with E-state index in [0.717, 1.165) is 26.1 Å². The van der Waals surface area contributed by atoms with Crippen molar-refractivity contribution < 1.29 is 9.53 Å². The van der Waals surface area contributed by atoms with E-state index in [9.17, 15) is 14.4 Å². The average Bonchev–Trinajstić information content (AvgIpc) is 3.45. The third kappa shape index (κ3) is 4.40. The summed E-state index contributed by atoms with van der Waals surface area (Å²) in [6.45, 7) is 0.369. The van der Waals surface area contributed by atoms with E-state index in [1.54, 1.807) is 18.7 Å². The molecule has 1 amide bonds. The number of aromatic nitrogens is 5. The Morgan fingerprint density at radius 1 is 1.08 bits per heavy atom. The molecule has 0 unspecified atom stereocenters. The number of ether oxygens (including phenoxy) is 1. The Bertz CT molecular complexity index is 1720.